The lowest BCUT2D eigenvalue weighted by Crippen LogP contribution is -2.16. The molecule has 0 atom stereocenters. The summed E-state index contributed by atoms with van der Waals surface area (Å²) in [5, 5.41) is 8.86. The molecule has 106 valence electrons. The van der Waals surface area contributed by atoms with Crippen molar-refractivity contribution in [3.8, 4) is 0 Å². The molecule has 6 nitrogen and oxygen atoms in total. The number of rotatable bonds is 4. The number of aromatic carboxylic acids is 1. The van der Waals surface area contributed by atoms with E-state index in [4.69, 9.17) is 5.11 Å². The molecule has 0 aliphatic carbocycles. The normalized spacial score (nSPS) is 11.3. The van der Waals surface area contributed by atoms with Gasteiger partial charge in [-0.2, -0.15) is 0 Å². The van der Waals surface area contributed by atoms with Crippen LogP contribution >= 0.6 is 11.3 Å². The first-order chi connectivity index (χ1) is 9.31. The predicted molar refractivity (Wildman–Crippen MR) is 71.0 cm³/mol. The SMILES string of the molecule is Cc1ccc(F)c(NS(=O)(=O)c2scnc2C(=O)O)c1. The minimum Gasteiger partial charge on any atom is -0.476 e. The summed E-state index contributed by atoms with van der Waals surface area (Å²) in [7, 11) is -4.20. The molecule has 0 radical (unpaired) electrons. The molecule has 0 saturated heterocycles. The van der Waals surface area contributed by atoms with Gasteiger partial charge in [0.05, 0.1) is 11.2 Å². The number of carbonyl (C=O) groups is 1. The summed E-state index contributed by atoms with van der Waals surface area (Å²) in [5.74, 6) is -2.21. The van der Waals surface area contributed by atoms with E-state index in [0.717, 1.165) is 11.6 Å². The number of benzene rings is 1. The number of hydrogen-bond donors (Lipinski definition) is 2. The van der Waals surface area contributed by atoms with Crippen LogP contribution in [0.4, 0.5) is 10.1 Å². The summed E-state index contributed by atoms with van der Waals surface area (Å²) in [6, 6.07) is 3.93. The monoisotopic (exact) mass is 316 g/mol. The summed E-state index contributed by atoms with van der Waals surface area (Å²) < 4.78 is 39.3. The molecule has 0 bridgehead atoms. The fourth-order valence-corrected chi connectivity index (χ4v) is 3.68. The van der Waals surface area contributed by atoms with Crippen molar-refractivity contribution >= 4 is 33.0 Å². The van der Waals surface area contributed by atoms with E-state index in [2.05, 4.69) is 4.98 Å². The Morgan fingerprint density at radius 1 is 1.45 bits per heavy atom. The number of nitrogens with zero attached hydrogens (tertiary/aromatic N) is 1. The van der Waals surface area contributed by atoms with E-state index in [1.165, 1.54) is 12.1 Å². The number of anilines is 1. The lowest BCUT2D eigenvalue weighted by molar-refractivity contribution is 0.0687. The highest BCUT2D eigenvalue weighted by Crippen LogP contribution is 2.25. The highest BCUT2D eigenvalue weighted by Gasteiger charge is 2.26. The van der Waals surface area contributed by atoms with Gasteiger partial charge in [-0.25, -0.2) is 22.6 Å². The second-order valence-corrected chi connectivity index (χ2v) is 6.61. The lowest BCUT2D eigenvalue weighted by atomic mass is 10.2. The quantitative estimate of drug-likeness (QED) is 0.900. The first kappa shape index (κ1) is 14.4. The van der Waals surface area contributed by atoms with E-state index < -0.39 is 31.7 Å². The Morgan fingerprint density at radius 3 is 2.80 bits per heavy atom. The van der Waals surface area contributed by atoms with Crippen LogP contribution in [0.3, 0.4) is 0 Å². The van der Waals surface area contributed by atoms with Crippen LogP contribution in [0.5, 0.6) is 0 Å². The number of carboxylic acids is 1. The number of thiazole rings is 1. The number of carboxylic acid groups (broad SMARTS) is 1. The van der Waals surface area contributed by atoms with Gasteiger partial charge in [0.25, 0.3) is 10.0 Å². The zero-order chi connectivity index (χ0) is 14.9. The first-order valence-corrected chi connectivity index (χ1v) is 7.63. The molecule has 2 aromatic rings. The Labute approximate surface area is 118 Å². The van der Waals surface area contributed by atoms with E-state index in [0.29, 0.717) is 16.9 Å². The number of nitrogens with one attached hydrogen (secondary N) is 1. The van der Waals surface area contributed by atoms with Gasteiger partial charge >= 0.3 is 5.97 Å². The van der Waals surface area contributed by atoms with Gasteiger partial charge in [0.2, 0.25) is 0 Å². The van der Waals surface area contributed by atoms with Gasteiger partial charge in [-0.15, -0.1) is 11.3 Å². The van der Waals surface area contributed by atoms with Gasteiger partial charge < -0.3 is 5.11 Å². The summed E-state index contributed by atoms with van der Waals surface area (Å²) in [6.07, 6.45) is 0. The Bertz CT molecular complexity index is 770. The summed E-state index contributed by atoms with van der Waals surface area (Å²) >= 11 is 0.649. The minimum atomic E-state index is -4.20. The van der Waals surface area contributed by atoms with Crippen molar-refractivity contribution in [2.75, 3.05) is 4.72 Å². The fraction of sp³-hybridized carbons (Fsp3) is 0.0909. The van der Waals surface area contributed by atoms with Crippen molar-refractivity contribution < 1.29 is 22.7 Å². The Morgan fingerprint density at radius 2 is 2.15 bits per heavy atom. The van der Waals surface area contributed by atoms with Crippen LogP contribution in [0.2, 0.25) is 0 Å². The minimum absolute atomic E-state index is 0.241. The number of sulfonamides is 1. The number of aryl methyl sites for hydroxylation is 1. The van der Waals surface area contributed by atoms with Crippen LogP contribution in [-0.4, -0.2) is 24.5 Å². The molecule has 2 rings (SSSR count). The predicted octanol–water partition coefficient (Wildman–Crippen LogP) is 2.09. The van der Waals surface area contributed by atoms with Crippen molar-refractivity contribution in [3.63, 3.8) is 0 Å². The molecule has 1 aromatic carbocycles. The van der Waals surface area contributed by atoms with Gasteiger partial charge in [-0.05, 0) is 24.6 Å². The molecule has 0 spiro atoms. The van der Waals surface area contributed by atoms with Gasteiger partial charge in [0.1, 0.15) is 5.82 Å². The molecule has 0 aliphatic heterocycles. The molecule has 1 aromatic heterocycles. The fourth-order valence-electron chi connectivity index (χ4n) is 1.48. The molecule has 1 heterocycles. The largest absolute Gasteiger partial charge is 0.476 e. The summed E-state index contributed by atoms with van der Waals surface area (Å²) in [5.41, 5.74) is 0.933. The van der Waals surface area contributed by atoms with Crippen LogP contribution in [0.25, 0.3) is 0 Å². The maximum Gasteiger partial charge on any atom is 0.356 e. The Balaban J connectivity index is 2.44. The number of aromatic nitrogens is 1. The molecule has 20 heavy (non-hydrogen) atoms. The molecule has 0 unspecified atom stereocenters. The Kier molecular flexibility index (Phi) is 3.73. The van der Waals surface area contributed by atoms with Crippen molar-refractivity contribution in [2.24, 2.45) is 0 Å². The van der Waals surface area contributed by atoms with Crippen LogP contribution in [0.1, 0.15) is 16.1 Å². The molecular weight excluding hydrogens is 307 g/mol. The van der Waals surface area contributed by atoms with Crippen molar-refractivity contribution in [1.29, 1.82) is 0 Å². The third-order valence-corrected chi connectivity index (χ3v) is 5.08. The zero-order valence-corrected chi connectivity index (χ0v) is 11.8. The van der Waals surface area contributed by atoms with Gasteiger partial charge in [-0.1, -0.05) is 6.07 Å². The van der Waals surface area contributed by atoms with Crippen molar-refractivity contribution in [3.05, 3.63) is 40.8 Å². The van der Waals surface area contributed by atoms with Gasteiger partial charge in [0.15, 0.2) is 9.90 Å². The van der Waals surface area contributed by atoms with Crippen LogP contribution in [-0.2, 0) is 10.0 Å². The summed E-state index contributed by atoms with van der Waals surface area (Å²) in [4.78, 5) is 14.4. The summed E-state index contributed by atoms with van der Waals surface area (Å²) in [6.45, 7) is 1.67. The van der Waals surface area contributed by atoms with Crippen LogP contribution < -0.4 is 4.72 Å². The van der Waals surface area contributed by atoms with Gasteiger partial charge in [0, 0.05) is 0 Å². The standard InChI is InChI=1S/C11H9FN2O4S2/c1-6-2-3-7(12)8(4-6)14-20(17,18)11-9(10(15)16)13-5-19-11/h2-5,14H,1H3,(H,15,16). The zero-order valence-electron chi connectivity index (χ0n) is 10.1. The molecule has 0 aliphatic rings. The van der Waals surface area contributed by atoms with E-state index in [9.17, 15) is 17.6 Å². The van der Waals surface area contributed by atoms with E-state index in [1.807, 2.05) is 4.72 Å². The molecule has 0 fully saturated rings. The highest BCUT2D eigenvalue weighted by atomic mass is 32.2. The highest BCUT2D eigenvalue weighted by molar-refractivity contribution is 7.94. The Hall–Kier alpha value is -2.00. The third-order valence-electron chi connectivity index (χ3n) is 2.35. The second-order valence-electron chi connectivity index (χ2n) is 3.88. The van der Waals surface area contributed by atoms with E-state index in [-0.39, 0.29) is 5.69 Å². The second kappa shape index (κ2) is 5.17. The maximum atomic E-state index is 13.5. The third kappa shape index (κ3) is 2.78. The van der Waals surface area contributed by atoms with Gasteiger partial charge in [-0.3, -0.25) is 4.72 Å². The number of hydrogen-bond acceptors (Lipinski definition) is 5. The average molecular weight is 316 g/mol. The number of halogens is 1. The first-order valence-electron chi connectivity index (χ1n) is 5.27. The molecule has 0 saturated carbocycles. The molecule has 2 N–H and O–H groups in total. The van der Waals surface area contributed by atoms with Crippen LogP contribution in [0.15, 0.2) is 27.9 Å². The molecule has 9 heteroatoms. The molecular formula is C11H9FN2O4S2. The average Bonchev–Trinajstić information content (AvgIpc) is 2.83. The van der Waals surface area contributed by atoms with E-state index >= 15 is 0 Å². The maximum absolute atomic E-state index is 13.5. The van der Waals surface area contributed by atoms with Crippen molar-refractivity contribution in [2.45, 2.75) is 11.1 Å². The lowest BCUT2D eigenvalue weighted by Gasteiger charge is -2.08. The molecule has 0 amide bonds. The smallest absolute Gasteiger partial charge is 0.356 e. The van der Waals surface area contributed by atoms with E-state index in [1.54, 1.807) is 6.92 Å². The topological polar surface area (TPSA) is 96.4 Å². The van der Waals surface area contributed by atoms with Crippen LogP contribution in [0, 0.1) is 12.7 Å². The van der Waals surface area contributed by atoms with Crippen molar-refractivity contribution in [1.82, 2.24) is 4.98 Å².